The molecule has 0 aliphatic heterocycles. The van der Waals surface area contributed by atoms with Crippen molar-refractivity contribution in [1.82, 2.24) is 0 Å². The first-order chi connectivity index (χ1) is 18.6. The van der Waals surface area contributed by atoms with Gasteiger partial charge in [0.2, 0.25) is 0 Å². The van der Waals surface area contributed by atoms with Crippen molar-refractivity contribution in [2.75, 3.05) is 0 Å². The van der Waals surface area contributed by atoms with E-state index < -0.39 is 5.97 Å². The van der Waals surface area contributed by atoms with Crippen LogP contribution in [0.1, 0.15) is 162 Å². The molecule has 0 rings (SSSR count). The standard InChI is InChI=1S/C34H60O4/c1-3-5-7-8-9-10-11-12-13-14-15-16-17-18-19-23-27-31-34(37)38-32(28-24-6-4-2)29-25-21-20-22-26-30-33(35)36/h5,7,9-10,12-13,32H,3-4,6,8,11,14-31H2,1-2H3,(H,35,36)/b7-5-,10-9-,13-12-. The molecule has 0 bridgehead atoms. The molecule has 0 heterocycles. The molecule has 0 saturated heterocycles. The van der Waals surface area contributed by atoms with E-state index in [2.05, 4.69) is 50.3 Å². The van der Waals surface area contributed by atoms with Gasteiger partial charge in [-0.2, -0.15) is 0 Å². The predicted molar refractivity (Wildman–Crippen MR) is 162 cm³/mol. The lowest BCUT2D eigenvalue weighted by Crippen LogP contribution is -2.18. The van der Waals surface area contributed by atoms with Gasteiger partial charge in [0.05, 0.1) is 0 Å². The van der Waals surface area contributed by atoms with Crippen molar-refractivity contribution in [3.8, 4) is 0 Å². The number of carbonyl (C=O) groups is 2. The average molecular weight is 533 g/mol. The Morgan fingerprint density at radius 3 is 1.71 bits per heavy atom. The van der Waals surface area contributed by atoms with E-state index in [1.165, 1.54) is 51.4 Å². The molecular formula is C34H60O4. The summed E-state index contributed by atoms with van der Waals surface area (Å²) in [6.45, 7) is 4.36. The smallest absolute Gasteiger partial charge is 0.306 e. The lowest BCUT2D eigenvalue weighted by Gasteiger charge is -2.18. The van der Waals surface area contributed by atoms with Crippen LogP contribution in [0, 0.1) is 0 Å². The zero-order valence-corrected chi connectivity index (χ0v) is 25.0. The fourth-order valence-electron chi connectivity index (χ4n) is 4.55. The van der Waals surface area contributed by atoms with Crippen LogP contribution in [0.4, 0.5) is 0 Å². The first-order valence-corrected chi connectivity index (χ1v) is 16.0. The molecule has 0 aromatic carbocycles. The molecule has 4 nitrogen and oxygen atoms in total. The second-order valence-corrected chi connectivity index (χ2v) is 10.6. The Labute approximate surface area is 235 Å². The highest BCUT2D eigenvalue weighted by molar-refractivity contribution is 5.69. The van der Waals surface area contributed by atoms with Crippen molar-refractivity contribution in [2.45, 2.75) is 168 Å². The molecule has 0 saturated carbocycles. The first-order valence-electron chi connectivity index (χ1n) is 16.0. The third-order valence-corrected chi connectivity index (χ3v) is 6.88. The maximum absolute atomic E-state index is 12.4. The predicted octanol–water partition coefficient (Wildman–Crippen LogP) is 10.7. The minimum Gasteiger partial charge on any atom is -0.481 e. The van der Waals surface area contributed by atoms with Crippen molar-refractivity contribution in [3.05, 3.63) is 36.5 Å². The molecule has 0 radical (unpaired) electrons. The molecule has 1 N–H and O–H groups in total. The summed E-state index contributed by atoms with van der Waals surface area (Å²) in [5.74, 6) is -0.728. The van der Waals surface area contributed by atoms with Gasteiger partial charge in [0.1, 0.15) is 6.10 Å². The second-order valence-electron chi connectivity index (χ2n) is 10.6. The van der Waals surface area contributed by atoms with E-state index >= 15 is 0 Å². The van der Waals surface area contributed by atoms with Crippen LogP contribution in [-0.4, -0.2) is 23.1 Å². The van der Waals surface area contributed by atoms with Crippen molar-refractivity contribution >= 4 is 11.9 Å². The van der Waals surface area contributed by atoms with Crippen LogP contribution >= 0.6 is 0 Å². The summed E-state index contributed by atoms with van der Waals surface area (Å²) < 4.78 is 5.85. The molecule has 0 fully saturated rings. The van der Waals surface area contributed by atoms with E-state index in [9.17, 15) is 9.59 Å². The van der Waals surface area contributed by atoms with Crippen molar-refractivity contribution in [1.29, 1.82) is 0 Å². The maximum Gasteiger partial charge on any atom is 0.306 e. The Hall–Kier alpha value is -1.84. The summed E-state index contributed by atoms with van der Waals surface area (Å²) >= 11 is 0. The number of carbonyl (C=O) groups excluding carboxylic acids is 1. The third-order valence-electron chi connectivity index (χ3n) is 6.88. The Balaban J connectivity index is 3.76. The maximum atomic E-state index is 12.4. The zero-order valence-electron chi connectivity index (χ0n) is 25.0. The highest BCUT2D eigenvalue weighted by Gasteiger charge is 2.14. The number of hydrogen-bond donors (Lipinski definition) is 1. The molecule has 220 valence electrons. The SMILES string of the molecule is CC/C=C\C/C=C\C/C=C\CCCCCCCCCC(=O)OC(CCCCC)CCCCCCCC(=O)O. The summed E-state index contributed by atoms with van der Waals surface area (Å²) in [5, 5.41) is 8.72. The minimum atomic E-state index is -0.707. The minimum absolute atomic E-state index is 0.0213. The lowest BCUT2D eigenvalue weighted by molar-refractivity contribution is -0.150. The molecule has 1 unspecified atom stereocenters. The number of hydrogen-bond acceptors (Lipinski definition) is 3. The van der Waals surface area contributed by atoms with Gasteiger partial charge in [-0.05, 0) is 70.6 Å². The van der Waals surface area contributed by atoms with Crippen LogP contribution in [0.3, 0.4) is 0 Å². The van der Waals surface area contributed by atoms with E-state index in [0.717, 1.165) is 83.5 Å². The second kappa shape index (κ2) is 29.7. The molecule has 0 amide bonds. The van der Waals surface area contributed by atoms with E-state index in [-0.39, 0.29) is 18.5 Å². The summed E-state index contributed by atoms with van der Waals surface area (Å²) in [6.07, 6.45) is 37.5. The van der Waals surface area contributed by atoms with Gasteiger partial charge >= 0.3 is 11.9 Å². The molecule has 1 atom stereocenters. The number of rotatable bonds is 28. The number of unbranched alkanes of at least 4 members (excludes halogenated alkanes) is 13. The quantitative estimate of drug-likeness (QED) is 0.0618. The van der Waals surface area contributed by atoms with Crippen LogP contribution in [0.5, 0.6) is 0 Å². The van der Waals surface area contributed by atoms with Crippen LogP contribution in [0.15, 0.2) is 36.5 Å². The fraction of sp³-hybridized carbons (Fsp3) is 0.765. The number of allylic oxidation sites excluding steroid dienone is 6. The number of carboxylic acids is 1. The molecule has 0 spiro atoms. The van der Waals surface area contributed by atoms with Gasteiger partial charge in [0, 0.05) is 12.8 Å². The zero-order chi connectivity index (χ0) is 27.9. The summed E-state index contributed by atoms with van der Waals surface area (Å²) in [7, 11) is 0. The van der Waals surface area contributed by atoms with Crippen LogP contribution in [0.25, 0.3) is 0 Å². The Morgan fingerprint density at radius 2 is 1.11 bits per heavy atom. The van der Waals surface area contributed by atoms with E-state index in [4.69, 9.17) is 9.84 Å². The largest absolute Gasteiger partial charge is 0.481 e. The number of esters is 1. The van der Waals surface area contributed by atoms with Gasteiger partial charge in [-0.3, -0.25) is 9.59 Å². The van der Waals surface area contributed by atoms with Crippen LogP contribution in [0.2, 0.25) is 0 Å². The molecule has 4 heteroatoms. The summed E-state index contributed by atoms with van der Waals surface area (Å²) in [6, 6.07) is 0. The molecule has 38 heavy (non-hydrogen) atoms. The normalized spacial score (nSPS) is 12.7. The van der Waals surface area contributed by atoms with Crippen molar-refractivity contribution in [3.63, 3.8) is 0 Å². The van der Waals surface area contributed by atoms with Crippen LogP contribution in [-0.2, 0) is 14.3 Å². The lowest BCUT2D eigenvalue weighted by atomic mass is 10.0. The summed E-state index contributed by atoms with van der Waals surface area (Å²) in [4.78, 5) is 23.0. The fourth-order valence-corrected chi connectivity index (χ4v) is 4.55. The average Bonchev–Trinajstić information content (AvgIpc) is 2.89. The van der Waals surface area contributed by atoms with Gasteiger partial charge in [-0.1, -0.05) is 115 Å². The molecular weight excluding hydrogens is 472 g/mol. The van der Waals surface area contributed by atoms with Gasteiger partial charge in [-0.25, -0.2) is 0 Å². The van der Waals surface area contributed by atoms with Crippen molar-refractivity contribution < 1.29 is 19.4 Å². The molecule has 0 aromatic rings. The number of carboxylic acid groups (broad SMARTS) is 1. The van der Waals surface area contributed by atoms with Gasteiger partial charge in [0.25, 0.3) is 0 Å². The molecule has 0 aliphatic rings. The van der Waals surface area contributed by atoms with E-state index in [1.54, 1.807) is 0 Å². The molecule has 0 aromatic heterocycles. The third kappa shape index (κ3) is 28.7. The number of ether oxygens (including phenoxy) is 1. The van der Waals surface area contributed by atoms with Crippen molar-refractivity contribution in [2.24, 2.45) is 0 Å². The van der Waals surface area contributed by atoms with E-state index in [1.807, 2.05) is 0 Å². The monoisotopic (exact) mass is 532 g/mol. The van der Waals surface area contributed by atoms with E-state index in [0.29, 0.717) is 6.42 Å². The highest BCUT2D eigenvalue weighted by atomic mass is 16.5. The van der Waals surface area contributed by atoms with Crippen LogP contribution < -0.4 is 0 Å². The van der Waals surface area contributed by atoms with Gasteiger partial charge in [-0.15, -0.1) is 0 Å². The Kier molecular flexibility index (Phi) is 28.3. The molecule has 0 aliphatic carbocycles. The summed E-state index contributed by atoms with van der Waals surface area (Å²) in [5.41, 5.74) is 0. The number of aliphatic carboxylic acids is 1. The Morgan fingerprint density at radius 1 is 0.605 bits per heavy atom. The first kappa shape index (κ1) is 36.2. The van der Waals surface area contributed by atoms with Gasteiger partial charge < -0.3 is 9.84 Å². The Bertz CT molecular complexity index is 620. The highest BCUT2D eigenvalue weighted by Crippen LogP contribution is 2.17. The topological polar surface area (TPSA) is 63.6 Å². The van der Waals surface area contributed by atoms with Gasteiger partial charge in [0.15, 0.2) is 0 Å².